The Labute approximate surface area is 131 Å². The van der Waals surface area contributed by atoms with E-state index in [-0.39, 0.29) is 17.9 Å². The SMILES string of the molecule is C=CC(=O)N1CC[C@@H]1C(=O)NCC1CCCc2ccccc21. The Morgan fingerprint density at radius 2 is 2.14 bits per heavy atom. The first kappa shape index (κ1) is 14.8. The van der Waals surface area contributed by atoms with Crippen molar-refractivity contribution >= 4 is 11.8 Å². The molecule has 1 fully saturated rings. The maximum Gasteiger partial charge on any atom is 0.246 e. The van der Waals surface area contributed by atoms with E-state index in [9.17, 15) is 9.59 Å². The number of amides is 2. The number of rotatable bonds is 4. The number of carbonyl (C=O) groups excluding carboxylic acids is 2. The Bertz CT molecular complexity index is 597. The minimum absolute atomic E-state index is 0.0375. The molecule has 1 saturated heterocycles. The van der Waals surface area contributed by atoms with Crippen LogP contribution in [0.3, 0.4) is 0 Å². The van der Waals surface area contributed by atoms with Gasteiger partial charge in [0.05, 0.1) is 0 Å². The van der Waals surface area contributed by atoms with Crippen LogP contribution in [-0.2, 0) is 16.0 Å². The van der Waals surface area contributed by atoms with Gasteiger partial charge < -0.3 is 10.2 Å². The van der Waals surface area contributed by atoms with Gasteiger partial charge >= 0.3 is 0 Å². The van der Waals surface area contributed by atoms with E-state index in [1.807, 2.05) is 0 Å². The van der Waals surface area contributed by atoms with Gasteiger partial charge in [0.2, 0.25) is 11.8 Å². The van der Waals surface area contributed by atoms with Gasteiger partial charge in [-0.3, -0.25) is 9.59 Å². The predicted molar refractivity (Wildman–Crippen MR) is 85.4 cm³/mol. The van der Waals surface area contributed by atoms with Crippen LogP contribution in [0.2, 0.25) is 0 Å². The number of aryl methyl sites for hydroxylation is 1. The Hall–Kier alpha value is -2.10. The third-order valence-electron chi connectivity index (χ3n) is 4.80. The molecule has 0 aromatic heterocycles. The lowest BCUT2D eigenvalue weighted by Crippen LogP contribution is -2.58. The molecular formula is C18H22N2O2. The fourth-order valence-corrected chi connectivity index (χ4v) is 3.45. The number of hydrogen-bond acceptors (Lipinski definition) is 2. The highest BCUT2D eigenvalue weighted by atomic mass is 16.2. The Kier molecular flexibility index (Phi) is 4.27. The summed E-state index contributed by atoms with van der Waals surface area (Å²) in [6, 6.07) is 8.17. The second-order valence-electron chi connectivity index (χ2n) is 6.07. The van der Waals surface area contributed by atoms with E-state index in [2.05, 4.69) is 36.2 Å². The van der Waals surface area contributed by atoms with Crippen LogP contribution in [0.1, 0.15) is 36.3 Å². The van der Waals surface area contributed by atoms with Crippen LogP contribution < -0.4 is 5.32 Å². The first-order valence-corrected chi connectivity index (χ1v) is 7.99. The molecule has 1 N–H and O–H groups in total. The summed E-state index contributed by atoms with van der Waals surface area (Å²) >= 11 is 0. The zero-order valence-corrected chi connectivity index (χ0v) is 12.8. The molecule has 0 bridgehead atoms. The molecule has 3 rings (SSSR count). The normalized spacial score (nSPS) is 23.2. The molecule has 22 heavy (non-hydrogen) atoms. The molecule has 4 heteroatoms. The molecule has 1 aliphatic heterocycles. The quantitative estimate of drug-likeness (QED) is 0.865. The second-order valence-corrected chi connectivity index (χ2v) is 6.07. The molecule has 1 aliphatic carbocycles. The molecule has 2 amide bonds. The summed E-state index contributed by atoms with van der Waals surface area (Å²) < 4.78 is 0. The van der Waals surface area contributed by atoms with Crippen molar-refractivity contribution in [2.45, 2.75) is 37.6 Å². The molecule has 4 nitrogen and oxygen atoms in total. The summed E-state index contributed by atoms with van der Waals surface area (Å²) in [5.74, 6) is 0.191. The number of fused-ring (bicyclic) bond motifs is 1. The van der Waals surface area contributed by atoms with Crippen molar-refractivity contribution < 1.29 is 9.59 Å². The van der Waals surface area contributed by atoms with E-state index in [0.29, 0.717) is 19.0 Å². The van der Waals surface area contributed by atoms with Crippen LogP contribution in [0, 0.1) is 0 Å². The van der Waals surface area contributed by atoms with Gasteiger partial charge in [0.15, 0.2) is 0 Å². The topological polar surface area (TPSA) is 49.4 Å². The molecule has 0 saturated carbocycles. The van der Waals surface area contributed by atoms with Gasteiger partial charge in [-0.15, -0.1) is 0 Å². The monoisotopic (exact) mass is 298 g/mol. The van der Waals surface area contributed by atoms with Crippen molar-refractivity contribution in [3.05, 3.63) is 48.0 Å². The van der Waals surface area contributed by atoms with Crippen molar-refractivity contribution in [1.82, 2.24) is 10.2 Å². The standard InChI is InChI=1S/C18H22N2O2/c1-2-17(21)20-11-10-16(20)18(22)19-12-14-8-5-7-13-6-3-4-9-15(13)14/h2-4,6,9,14,16H,1,5,7-8,10-12H2,(H,19,22)/t14?,16-/m1/s1. The number of nitrogens with zero attached hydrogens (tertiary/aromatic N) is 1. The highest BCUT2D eigenvalue weighted by molar-refractivity contribution is 5.94. The largest absolute Gasteiger partial charge is 0.354 e. The van der Waals surface area contributed by atoms with Gasteiger partial charge in [-0.1, -0.05) is 30.8 Å². The number of likely N-dealkylation sites (tertiary alicyclic amines) is 1. The summed E-state index contributed by atoms with van der Waals surface area (Å²) in [5, 5.41) is 3.04. The van der Waals surface area contributed by atoms with Crippen LogP contribution in [0.25, 0.3) is 0 Å². The predicted octanol–water partition coefficient (Wildman–Crippen LogP) is 2.01. The molecule has 0 spiro atoms. The summed E-state index contributed by atoms with van der Waals surface area (Å²) in [6.07, 6.45) is 5.42. The number of hydrogen-bond donors (Lipinski definition) is 1. The molecular weight excluding hydrogens is 276 g/mol. The van der Waals surface area contributed by atoms with Gasteiger partial charge in [-0.25, -0.2) is 0 Å². The third-order valence-corrected chi connectivity index (χ3v) is 4.80. The summed E-state index contributed by atoms with van der Waals surface area (Å²) in [7, 11) is 0. The van der Waals surface area contributed by atoms with Gasteiger partial charge in [-0.05, 0) is 42.9 Å². The van der Waals surface area contributed by atoms with E-state index in [1.54, 1.807) is 4.90 Å². The van der Waals surface area contributed by atoms with E-state index < -0.39 is 0 Å². The molecule has 2 atom stereocenters. The van der Waals surface area contributed by atoms with Crippen LogP contribution in [-0.4, -0.2) is 35.8 Å². The highest BCUT2D eigenvalue weighted by Gasteiger charge is 2.36. The van der Waals surface area contributed by atoms with Crippen molar-refractivity contribution in [3.8, 4) is 0 Å². The van der Waals surface area contributed by atoms with Gasteiger partial charge in [0, 0.05) is 19.0 Å². The third kappa shape index (κ3) is 2.78. The molecule has 1 unspecified atom stereocenters. The minimum Gasteiger partial charge on any atom is -0.354 e. The van der Waals surface area contributed by atoms with E-state index in [1.165, 1.54) is 23.6 Å². The Morgan fingerprint density at radius 3 is 2.86 bits per heavy atom. The van der Waals surface area contributed by atoms with Crippen molar-refractivity contribution in [3.63, 3.8) is 0 Å². The van der Waals surface area contributed by atoms with Crippen molar-refractivity contribution in [1.29, 1.82) is 0 Å². The molecule has 1 aromatic rings. The second kappa shape index (κ2) is 6.34. The van der Waals surface area contributed by atoms with E-state index in [0.717, 1.165) is 19.3 Å². The van der Waals surface area contributed by atoms with Crippen LogP contribution in [0.4, 0.5) is 0 Å². The fraction of sp³-hybridized carbons (Fsp3) is 0.444. The number of nitrogens with one attached hydrogen (secondary N) is 1. The summed E-state index contributed by atoms with van der Waals surface area (Å²) in [4.78, 5) is 25.5. The van der Waals surface area contributed by atoms with Gasteiger partial charge in [0.25, 0.3) is 0 Å². The lowest BCUT2D eigenvalue weighted by molar-refractivity contribution is -0.143. The molecule has 116 valence electrons. The highest BCUT2D eigenvalue weighted by Crippen LogP contribution is 2.31. The maximum absolute atomic E-state index is 12.3. The number of carbonyl (C=O) groups is 2. The Morgan fingerprint density at radius 1 is 1.32 bits per heavy atom. The summed E-state index contributed by atoms with van der Waals surface area (Å²) in [6.45, 7) is 4.78. The average molecular weight is 298 g/mol. The van der Waals surface area contributed by atoms with Gasteiger partial charge in [0.1, 0.15) is 6.04 Å². The van der Waals surface area contributed by atoms with Crippen LogP contribution >= 0.6 is 0 Å². The maximum atomic E-state index is 12.3. The Balaban J connectivity index is 1.58. The minimum atomic E-state index is -0.315. The van der Waals surface area contributed by atoms with Crippen molar-refractivity contribution in [2.75, 3.05) is 13.1 Å². The van der Waals surface area contributed by atoms with Crippen LogP contribution in [0.5, 0.6) is 0 Å². The molecule has 1 heterocycles. The van der Waals surface area contributed by atoms with E-state index >= 15 is 0 Å². The smallest absolute Gasteiger partial charge is 0.246 e. The summed E-state index contributed by atoms with van der Waals surface area (Å²) in [5.41, 5.74) is 2.77. The molecule has 1 aromatic carbocycles. The lowest BCUT2D eigenvalue weighted by atomic mass is 9.83. The first-order valence-electron chi connectivity index (χ1n) is 7.99. The fourth-order valence-electron chi connectivity index (χ4n) is 3.45. The molecule has 2 aliphatic rings. The van der Waals surface area contributed by atoms with Crippen molar-refractivity contribution in [2.24, 2.45) is 0 Å². The van der Waals surface area contributed by atoms with Gasteiger partial charge in [-0.2, -0.15) is 0 Å². The zero-order chi connectivity index (χ0) is 15.5. The average Bonchev–Trinajstić information content (AvgIpc) is 2.51. The zero-order valence-electron chi connectivity index (χ0n) is 12.8. The first-order chi connectivity index (χ1) is 10.7. The lowest BCUT2D eigenvalue weighted by Gasteiger charge is -2.39. The number of benzene rings is 1. The molecule has 0 radical (unpaired) electrons. The van der Waals surface area contributed by atoms with Crippen LogP contribution in [0.15, 0.2) is 36.9 Å². The van der Waals surface area contributed by atoms with E-state index in [4.69, 9.17) is 0 Å².